The minimum absolute atomic E-state index is 0.0334. The van der Waals surface area contributed by atoms with Crippen molar-refractivity contribution < 1.29 is 33.3 Å². The summed E-state index contributed by atoms with van der Waals surface area (Å²) in [5.74, 6) is -0.0373. The van der Waals surface area contributed by atoms with Crippen molar-refractivity contribution in [2.45, 2.75) is 32.0 Å². The van der Waals surface area contributed by atoms with Crippen molar-refractivity contribution in [2.75, 3.05) is 19.8 Å². The number of halogens is 1. The summed E-state index contributed by atoms with van der Waals surface area (Å²) in [5.41, 5.74) is 4.83. The van der Waals surface area contributed by atoms with Crippen LogP contribution in [-0.4, -0.2) is 51.1 Å². The van der Waals surface area contributed by atoms with Gasteiger partial charge in [-0.2, -0.15) is 0 Å². The van der Waals surface area contributed by atoms with Crippen molar-refractivity contribution in [3.8, 4) is 5.75 Å². The molecule has 2 heterocycles. The van der Waals surface area contributed by atoms with E-state index >= 15 is 0 Å². The van der Waals surface area contributed by atoms with Crippen LogP contribution in [0.3, 0.4) is 0 Å². The van der Waals surface area contributed by atoms with Crippen LogP contribution in [0.1, 0.15) is 18.1 Å². The molecule has 11 nitrogen and oxygen atoms in total. The molecule has 0 atom stereocenters. The molecule has 0 aliphatic heterocycles. The predicted octanol–water partition coefficient (Wildman–Crippen LogP) is 0.739. The van der Waals surface area contributed by atoms with Gasteiger partial charge in [-0.1, -0.05) is 11.6 Å². The van der Waals surface area contributed by atoms with E-state index in [1.165, 1.54) is 22.9 Å². The van der Waals surface area contributed by atoms with Crippen LogP contribution in [0.4, 0.5) is 0 Å². The van der Waals surface area contributed by atoms with Crippen LogP contribution in [0.15, 0.2) is 32.0 Å². The van der Waals surface area contributed by atoms with Crippen LogP contribution < -0.4 is 16.2 Å². The van der Waals surface area contributed by atoms with Crippen molar-refractivity contribution in [3.05, 3.63) is 45.6 Å². The lowest BCUT2D eigenvalue weighted by Crippen LogP contribution is -2.51. The van der Waals surface area contributed by atoms with Crippen molar-refractivity contribution in [1.82, 2.24) is 9.55 Å². The van der Waals surface area contributed by atoms with E-state index in [-0.39, 0.29) is 42.5 Å². The summed E-state index contributed by atoms with van der Waals surface area (Å²) in [6, 6.07) is 2.97. The first kappa shape index (κ1) is 22.8. The second kappa shape index (κ2) is 9.52. The summed E-state index contributed by atoms with van der Waals surface area (Å²) in [5, 5.41) is 18.5. The van der Waals surface area contributed by atoms with Gasteiger partial charge in [0.05, 0.1) is 41.9 Å². The molecule has 168 valence electrons. The third-order valence-corrected chi connectivity index (χ3v) is 4.75. The molecule has 3 rings (SSSR count). The minimum Gasteiger partial charge on any atom is -0.484 e. The molecule has 0 amide bonds. The van der Waals surface area contributed by atoms with Gasteiger partial charge in [-0.15, -0.1) is 0 Å². The van der Waals surface area contributed by atoms with E-state index in [4.69, 9.17) is 45.9 Å². The third kappa shape index (κ3) is 5.44. The summed E-state index contributed by atoms with van der Waals surface area (Å²) < 4.78 is 22.4. The normalized spacial score (nSPS) is 11.8. The first-order valence-corrected chi connectivity index (χ1v) is 9.65. The molecule has 0 bridgehead atoms. The molecule has 0 saturated heterocycles. The second-order valence-corrected chi connectivity index (χ2v) is 7.40. The number of carbonyl (C=O) groups excluding carboxylic acids is 1. The molecule has 0 unspecified atom stereocenters. The fourth-order valence-corrected chi connectivity index (χ4v) is 2.86. The number of oxazole rings is 2. The third-order valence-electron chi connectivity index (χ3n) is 4.45. The van der Waals surface area contributed by atoms with E-state index < -0.39 is 30.5 Å². The fourth-order valence-electron chi connectivity index (χ4n) is 2.65. The maximum atomic E-state index is 12.2. The van der Waals surface area contributed by atoms with Gasteiger partial charge >= 0.3 is 11.7 Å². The quantitative estimate of drug-likeness (QED) is 0.371. The molecule has 0 saturated carbocycles. The molecule has 0 fully saturated rings. The van der Waals surface area contributed by atoms with Crippen LogP contribution in [0.25, 0.3) is 11.1 Å². The Kier molecular flexibility index (Phi) is 7.01. The van der Waals surface area contributed by atoms with E-state index in [2.05, 4.69) is 4.98 Å². The van der Waals surface area contributed by atoms with Gasteiger partial charge in [0.1, 0.15) is 19.0 Å². The van der Waals surface area contributed by atoms with Gasteiger partial charge in [-0.25, -0.2) is 9.78 Å². The molecule has 31 heavy (non-hydrogen) atoms. The Labute approximate surface area is 180 Å². The van der Waals surface area contributed by atoms with E-state index in [0.717, 1.165) is 0 Å². The Bertz CT molecular complexity index is 1120. The summed E-state index contributed by atoms with van der Waals surface area (Å²) >= 11 is 6.27. The first-order valence-electron chi connectivity index (χ1n) is 9.28. The minimum atomic E-state index is -1.43. The SMILES string of the molecule is Cc1ncc(COc2cc3oc(=O)n(CCC(=O)OCC(N)(CO)CO)c3cc2Cl)o1. The molecule has 3 aromatic rings. The van der Waals surface area contributed by atoms with Crippen LogP contribution in [0.5, 0.6) is 5.75 Å². The lowest BCUT2D eigenvalue weighted by atomic mass is 10.1. The molecular formula is C19H22ClN3O8. The van der Waals surface area contributed by atoms with Crippen LogP contribution in [0.2, 0.25) is 5.02 Å². The number of aromatic nitrogens is 2. The lowest BCUT2D eigenvalue weighted by Gasteiger charge is -2.23. The Morgan fingerprint density at radius 1 is 1.32 bits per heavy atom. The summed E-state index contributed by atoms with van der Waals surface area (Å²) in [6.45, 7) is 0.295. The van der Waals surface area contributed by atoms with E-state index in [1.54, 1.807) is 6.92 Å². The molecule has 0 aliphatic carbocycles. The van der Waals surface area contributed by atoms with Crippen molar-refractivity contribution in [2.24, 2.45) is 5.73 Å². The van der Waals surface area contributed by atoms with Gasteiger partial charge in [-0.3, -0.25) is 9.36 Å². The molecule has 0 radical (unpaired) electrons. The number of aliphatic hydroxyl groups excluding tert-OH is 2. The number of nitrogens with zero attached hydrogens (tertiary/aromatic N) is 2. The zero-order chi connectivity index (χ0) is 22.6. The summed E-state index contributed by atoms with van der Waals surface area (Å²) in [6.07, 6.45) is 1.37. The van der Waals surface area contributed by atoms with Gasteiger partial charge in [0.25, 0.3) is 0 Å². The zero-order valence-electron chi connectivity index (χ0n) is 16.7. The number of hydrogen-bond acceptors (Lipinski definition) is 10. The van der Waals surface area contributed by atoms with E-state index in [9.17, 15) is 9.59 Å². The lowest BCUT2D eigenvalue weighted by molar-refractivity contribution is -0.146. The standard InChI is InChI=1S/C19H22ClN3O8/c1-11-22-6-12(30-11)7-28-15-5-16-14(4-13(15)20)23(18(27)31-16)3-2-17(26)29-10-19(21,8-24)9-25/h4-6,24-25H,2-3,7-10,21H2,1H3. The molecule has 2 aromatic heterocycles. The Hall–Kier alpha value is -2.86. The highest BCUT2D eigenvalue weighted by atomic mass is 35.5. The van der Waals surface area contributed by atoms with Crippen LogP contribution in [-0.2, 0) is 22.7 Å². The first-order chi connectivity index (χ1) is 14.7. The van der Waals surface area contributed by atoms with E-state index in [1.807, 2.05) is 0 Å². The highest BCUT2D eigenvalue weighted by molar-refractivity contribution is 6.32. The van der Waals surface area contributed by atoms with Crippen LogP contribution >= 0.6 is 11.6 Å². The molecule has 0 aliphatic rings. The highest BCUT2D eigenvalue weighted by Gasteiger charge is 2.25. The Balaban J connectivity index is 1.67. The fraction of sp³-hybridized carbons (Fsp3) is 0.421. The number of aryl methyl sites for hydroxylation is 2. The largest absolute Gasteiger partial charge is 0.484 e. The number of hydrogen-bond donors (Lipinski definition) is 3. The topological polar surface area (TPSA) is 163 Å². The van der Waals surface area contributed by atoms with Gasteiger partial charge < -0.3 is 34.3 Å². The number of ether oxygens (including phenoxy) is 2. The second-order valence-electron chi connectivity index (χ2n) is 6.99. The Morgan fingerprint density at radius 2 is 2.06 bits per heavy atom. The average molecular weight is 456 g/mol. The Morgan fingerprint density at radius 3 is 2.71 bits per heavy atom. The molecule has 12 heteroatoms. The number of aliphatic hydroxyl groups is 2. The smallest absolute Gasteiger partial charge is 0.419 e. The monoisotopic (exact) mass is 455 g/mol. The number of nitrogens with two attached hydrogens (primary N) is 1. The summed E-state index contributed by atoms with van der Waals surface area (Å²) in [7, 11) is 0. The number of rotatable bonds is 10. The number of esters is 1. The van der Waals surface area contributed by atoms with E-state index in [0.29, 0.717) is 17.2 Å². The van der Waals surface area contributed by atoms with Crippen molar-refractivity contribution in [1.29, 1.82) is 0 Å². The van der Waals surface area contributed by atoms with Gasteiger partial charge in [0, 0.05) is 19.5 Å². The van der Waals surface area contributed by atoms with Gasteiger partial charge in [0.2, 0.25) is 0 Å². The number of benzene rings is 1. The molecular weight excluding hydrogens is 434 g/mol. The summed E-state index contributed by atoms with van der Waals surface area (Å²) in [4.78, 5) is 28.2. The predicted molar refractivity (Wildman–Crippen MR) is 108 cm³/mol. The van der Waals surface area contributed by atoms with Gasteiger partial charge in [0.15, 0.2) is 17.2 Å². The average Bonchev–Trinajstić information content (AvgIpc) is 3.30. The zero-order valence-corrected chi connectivity index (χ0v) is 17.4. The number of carbonyl (C=O) groups is 1. The molecule has 4 N–H and O–H groups in total. The molecule has 1 aromatic carbocycles. The molecule has 0 spiro atoms. The highest BCUT2D eigenvalue weighted by Crippen LogP contribution is 2.30. The maximum Gasteiger partial charge on any atom is 0.419 e. The van der Waals surface area contributed by atoms with Crippen molar-refractivity contribution >= 4 is 28.7 Å². The van der Waals surface area contributed by atoms with Crippen molar-refractivity contribution in [3.63, 3.8) is 0 Å². The van der Waals surface area contributed by atoms with Gasteiger partial charge in [-0.05, 0) is 6.07 Å². The maximum absolute atomic E-state index is 12.2. The van der Waals surface area contributed by atoms with Crippen LogP contribution in [0, 0.1) is 6.92 Å². The number of fused-ring (bicyclic) bond motifs is 1.